The molecule has 0 fully saturated rings. The normalized spacial score (nSPS) is 7.60. The number of quaternary nitrogens is 3. The van der Waals surface area contributed by atoms with Crippen molar-refractivity contribution in [1.29, 1.82) is 0 Å². The lowest BCUT2D eigenvalue weighted by molar-refractivity contribution is -0.849. The Hall–Kier alpha value is 0.750. The van der Waals surface area contributed by atoms with Gasteiger partial charge in [0.1, 0.15) is 0 Å². The van der Waals surface area contributed by atoms with E-state index in [1.807, 2.05) is 19.4 Å². The Morgan fingerprint density at radius 3 is 0.733 bits per heavy atom. The first-order valence-electron chi connectivity index (χ1n) is 4.44. The molecule has 0 aliphatic heterocycles. The van der Waals surface area contributed by atoms with Gasteiger partial charge < -0.3 is 51.9 Å². The van der Waals surface area contributed by atoms with Crippen LogP contribution in [0.25, 0.3) is 0 Å². The first kappa shape index (κ1) is 36.0. The smallest absolute Gasteiger partial charge is 0.0675 e. The molecule has 0 unspecified atom stereocenters. The van der Waals surface area contributed by atoms with Gasteiger partial charge in [-0.3, -0.25) is 0 Å². The second kappa shape index (κ2) is 24.1. The largest absolute Gasteiger partial charge is 1.00 e. The van der Waals surface area contributed by atoms with Crippen LogP contribution in [0.1, 0.15) is 0 Å². The Bertz CT molecular complexity index is 66.7. The fourth-order valence-corrected chi connectivity index (χ4v) is 0. The standard InChI is InChI=1S/C4H12N.C3H9N.C2H7N.3ClH/c1-5(2,3)4;1-4(2)3;1-3-2;;;/h1-4H3;1-3H3;3H,1-2H3;3*1H/q+1;;;;;/p-1. The maximum absolute atomic E-state index is 2.12. The van der Waals surface area contributed by atoms with Gasteiger partial charge in [-0.05, 0) is 0 Å². The highest BCUT2D eigenvalue weighted by atomic mass is 35.5. The minimum atomic E-state index is 0. The van der Waals surface area contributed by atoms with E-state index in [0.717, 1.165) is 4.48 Å². The molecule has 0 aliphatic carbocycles. The molecule has 0 spiro atoms. The molecule has 0 aromatic rings. The van der Waals surface area contributed by atoms with Gasteiger partial charge in [0.05, 0.1) is 63.4 Å². The summed E-state index contributed by atoms with van der Waals surface area (Å²) in [5.41, 5.74) is 0. The van der Waals surface area contributed by atoms with Crippen LogP contribution in [-0.4, -0.2) is 67.9 Å². The second-order valence-electron chi connectivity index (χ2n) is 4.76. The van der Waals surface area contributed by atoms with Crippen LogP contribution in [0.3, 0.4) is 0 Å². The van der Waals surface area contributed by atoms with Crippen LogP contribution < -0.4 is 47.4 Å². The van der Waals surface area contributed by atoms with Crippen LogP contribution in [0.4, 0.5) is 0 Å². The van der Waals surface area contributed by atoms with E-state index >= 15 is 0 Å². The highest BCUT2D eigenvalue weighted by Crippen LogP contribution is 1.73. The summed E-state index contributed by atoms with van der Waals surface area (Å²) < 4.78 is 1.00. The summed E-state index contributed by atoms with van der Waals surface area (Å²) >= 11 is 0. The Balaban J connectivity index is -0.0000000189. The molecule has 102 valence electrons. The van der Waals surface area contributed by atoms with Crippen LogP contribution in [-0.2, 0) is 0 Å². The molecular formula is C9H30Cl3N3. The zero-order valence-electron chi connectivity index (χ0n) is 11.7. The number of hydrogen-bond acceptors (Lipinski definition) is 0. The molecule has 0 bridgehead atoms. The predicted molar refractivity (Wildman–Crippen MR) is 56.5 cm³/mol. The van der Waals surface area contributed by atoms with Crippen molar-refractivity contribution in [3.05, 3.63) is 0 Å². The van der Waals surface area contributed by atoms with E-state index in [4.69, 9.17) is 0 Å². The number of rotatable bonds is 0. The van der Waals surface area contributed by atoms with Crippen molar-refractivity contribution in [2.75, 3.05) is 63.4 Å². The molecule has 3 nitrogen and oxygen atoms in total. The van der Waals surface area contributed by atoms with Crippen molar-refractivity contribution in [3.63, 3.8) is 0 Å². The van der Waals surface area contributed by atoms with Gasteiger partial charge in [-0.1, -0.05) is 0 Å². The quantitative estimate of drug-likeness (QED) is 0.413. The molecule has 15 heavy (non-hydrogen) atoms. The highest BCUT2D eigenvalue weighted by Gasteiger charge is 1.88. The van der Waals surface area contributed by atoms with Gasteiger partial charge in [0.25, 0.3) is 0 Å². The third kappa shape index (κ3) is 4260. The number of nitrogens with one attached hydrogen (secondary N) is 1. The lowest BCUT2D eigenvalue weighted by Crippen LogP contribution is -3.02. The number of halogens is 3. The fraction of sp³-hybridized carbons (Fsp3) is 1.00. The van der Waals surface area contributed by atoms with Crippen molar-refractivity contribution in [2.45, 2.75) is 0 Å². The Labute approximate surface area is 115 Å². The van der Waals surface area contributed by atoms with E-state index in [2.05, 4.69) is 49.3 Å². The maximum atomic E-state index is 2.12. The molecule has 0 aromatic heterocycles. The first-order valence-corrected chi connectivity index (χ1v) is 4.44. The third-order valence-corrected chi connectivity index (χ3v) is 0. The van der Waals surface area contributed by atoms with E-state index in [1.54, 1.807) is 0 Å². The first-order chi connectivity index (χ1) is 5.15. The number of nitrogens with zero attached hydrogens (tertiary/aromatic N) is 1. The molecule has 0 aromatic carbocycles. The van der Waals surface area contributed by atoms with Gasteiger partial charge in [-0.25, -0.2) is 0 Å². The van der Waals surface area contributed by atoms with Gasteiger partial charge in [-0.2, -0.15) is 0 Å². The van der Waals surface area contributed by atoms with Gasteiger partial charge >= 0.3 is 0 Å². The van der Waals surface area contributed by atoms with E-state index in [0.29, 0.717) is 0 Å². The minimum absolute atomic E-state index is 0. The lowest BCUT2D eigenvalue weighted by atomic mass is 10.8. The molecule has 6 heteroatoms. The molecule has 0 rings (SSSR count). The summed E-state index contributed by atoms with van der Waals surface area (Å²) in [6.07, 6.45) is 0. The van der Waals surface area contributed by atoms with Crippen molar-refractivity contribution in [1.82, 2.24) is 0 Å². The van der Waals surface area contributed by atoms with Crippen LogP contribution in [0, 0.1) is 0 Å². The summed E-state index contributed by atoms with van der Waals surface area (Å²) in [6.45, 7) is 0. The zero-order valence-corrected chi connectivity index (χ0v) is 13.9. The summed E-state index contributed by atoms with van der Waals surface area (Å²) in [7, 11) is 18.8. The van der Waals surface area contributed by atoms with Crippen molar-refractivity contribution in [3.8, 4) is 0 Å². The topological polar surface area (TPSA) is 21.1 Å². The van der Waals surface area contributed by atoms with Crippen LogP contribution in [0.2, 0.25) is 0 Å². The summed E-state index contributed by atoms with van der Waals surface area (Å²) in [4.78, 5) is 1.42. The average Bonchev–Trinajstić information content (AvgIpc) is 1.56. The summed E-state index contributed by atoms with van der Waals surface area (Å²) in [5, 5.41) is 2.00. The van der Waals surface area contributed by atoms with Gasteiger partial charge in [0.15, 0.2) is 0 Å². The van der Waals surface area contributed by atoms with Crippen molar-refractivity contribution < 1.29 is 51.9 Å². The highest BCUT2D eigenvalue weighted by molar-refractivity contribution is 3.87. The number of hydrogen-bond donors (Lipinski definition) is 2. The van der Waals surface area contributed by atoms with Crippen LogP contribution in [0.15, 0.2) is 0 Å². The number of nitrogens with two attached hydrogens (primary N) is 1. The van der Waals surface area contributed by atoms with Crippen molar-refractivity contribution >= 4 is 0 Å². The molecule has 3 N–H and O–H groups in total. The molecule has 0 radical (unpaired) electrons. The van der Waals surface area contributed by atoms with E-state index < -0.39 is 0 Å². The Kier molecular flexibility index (Phi) is 58.0. The van der Waals surface area contributed by atoms with Gasteiger partial charge in [0.2, 0.25) is 0 Å². The zero-order chi connectivity index (χ0) is 10.8. The Morgan fingerprint density at radius 2 is 0.733 bits per heavy atom. The third-order valence-electron chi connectivity index (χ3n) is 0. The molecule has 0 aliphatic rings. The van der Waals surface area contributed by atoms with Crippen molar-refractivity contribution in [2.24, 2.45) is 0 Å². The summed E-state index contributed by atoms with van der Waals surface area (Å²) in [6, 6.07) is 0. The maximum Gasteiger partial charge on any atom is 0.0675 e. The Morgan fingerprint density at radius 1 is 0.733 bits per heavy atom. The monoisotopic (exact) mass is 285 g/mol. The molecule has 0 atom stereocenters. The molecule has 0 saturated carbocycles. The molecule has 0 heterocycles. The van der Waals surface area contributed by atoms with Crippen LogP contribution in [0.5, 0.6) is 0 Å². The van der Waals surface area contributed by atoms with Crippen LogP contribution >= 0.6 is 0 Å². The molecule has 0 saturated heterocycles. The van der Waals surface area contributed by atoms with E-state index in [1.165, 1.54) is 4.90 Å². The van der Waals surface area contributed by atoms with E-state index in [-0.39, 0.29) is 37.2 Å². The molecular weight excluding hydrogens is 256 g/mol. The fourth-order valence-electron chi connectivity index (χ4n) is 0. The SMILES string of the molecule is C[N+](C)(C)C.C[NH+](C)C.C[NH2+]C.[Cl-].[Cl-].[Cl-]. The minimum Gasteiger partial charge on any atom is -1.00 e. The average molecular weight is 287 g/mol. The van der Waals surface area contributed by atoms with E-state index in [9.17, 15) is 0 Å². The lowest BCUT2D eigenvalue weighted by Gasteiger charge is -2.14. The molecule has 0 amide bonds. The predicted octanol–water partition coefficient (Wildman–Crippen LogP) is -11.1. The van der Waals surface area contributed by atoms with Gasteiger partial charge in [-0.15, -0.1) is 0 Å². The van der Waals surface area contributed by atoms with Gasteiger partial charge in [0, 0.05) is 0 Å². The second-order valence-corrected chi connectivity index (χ2v) is 4.76. The summed E-state index contributed by atoms with van der Waals surface area (Å²) in [5.74, 6) is 0.